The summed E-state index contributed by atoms with van der Waals surface area (Å²) in [5.41, 5.74) is 6.84. The molecule has 220 valence electrons. The van der Waals surface area contributed by atoms with Gasteiger partial charge in [-0.25, -0.2) is 13.8 Å². The van der Waals surface area contributed by atoms with Gasteiger partial charge in [-0.15, -0.1) is 0 Å². The lowest BCUT2D eigenvalue weighted by Gasteiger charge is -2.53. The first-order chi connectivity index (χ1) is 20.3. The number of hydrogen-bond donors (Lipinski definition) is 2. The summed E-state index contributed by atoms with van der Waals surface area (Å²) in [5, 5.41) is 4.59. The lowest BCUT2D eigenvalue weighted by Crippen LogP contribution is -2.70. The molecule has 2 aromatic heterocycles. The van der Waals surface area contributed by atoms with Gasteiger partial charge in [0.05, 0.1) is 26.3 Å². The molecule has 4 saturated heterocycles. The number of ether oxygens (including phenoxy) is 1. The third-order valence-electron chi connectivity index (χ3n) is 9.77. The number of piperidine rings is 1. The molecule has 0 atom stereocenters. The second-order valence-corrected chi connectivity index (χ2v) is 13.8. The zero-order valence-corrected chi connectivity index (χ0v) is 24.8. The molecular formula is C30H32ClF2N7OS. The van der Waals surface area contributed by atoms with Crippen LogP contribution in [0, 0.1) is 11.6 Å². The average molecular weight is 612 g/mol. The quantitative estimate of drug-likeness (QED) is 0.294. The largest absolute Gasteiger partial charge is 0.461 e. The zero-order valence-electron chi connectivity index (χ0n) is 23.2. The summed E-state index contributed by atoms with van der Waals surface area (Å²) in [6, 6.07) is 4.67. The number of benzene rings is 2. The van der Waals surface area contributed by atoms with Crippen LogP contribution in [0.2, 0.25) is 5.02 Å². The molecule has 0 amide bonds. The second kappa shape index (κ2) is 9.83. The number of fused-ring (bicyclic) bond motifs is 3. The van der Waals surface area contributed by atoms with Crippen molar-refractivity contribution in [2.75, 3.05) is 50.0 Å². The summed E-state index contributed by atoms with van der Waals surface area (Å²) >= 11 is 7.83. The van der Waals surface area contributed by atoms with E-state index in [1.54, 1.807) is 6.07 Å². The maximum Gasteiger partial charge on any atom is 0.319 e. The Labute approximate surface area is 251 Å². The number of thiazole rings is 1. The van der Waals surface area contributed by atoms with Gasteiger partial charge in [0.15, 0.2) is 10.9 Å². The Bertz CT molecular complexity index is 1710. The van der Waals surface area contributed by atoms with E-state index in [1.165, 1.54) is 25.0 Å². The number of nitrogens with two attached hydrogens (primary N) is 1. The fraction of sp³-hybridized carbons (Fsp3) is 0.500. The third kappa shape index (κ3) is 4.15. The lowest BCUT2D eigenvalue weighted by atomic mass is 9.81. The van der Waals surface area contributed by atoms with Crippen LogP contribution in [-0.2, 0) is 0 Å². The smallest absolute Gasteiger partial charge is 0.319 e. The van der Waals surface area contributed by atoms with Gasteiger partial charge in [0.25, 0.3) is 0 Å². The van der Waals surface area contributed by atoms with E-state index in [1.807, 2.05) is 0 Å². The standard InChI is InChI=1S/C30H32ClF2N7OS/c31-19-13-18-23(22(33)21(19)17-5-6-20(32)25-24(17)36-27(34)42-25)37-28(41-16-30-8-3-11-40(30)12-4-9-30)38-26(18)39-14-29(15-39)7-1-2-10-35-29/h5-6,13,35H,1-4,7-12,14-16H2,(H2,34,36). The molecular weight excluding hydrogens is 580 g/mol. The van der Waals surface area contributed by atoms with Gasteiger partial charge in [0, 0.05) is 29.6 Å². The monoisotopic (exact) mass is 611 g/mol. The van der Waals surface area contributed by atoms with Gasteiger partial charge in [0.2, 0.25) is 0 Å². The van der Waals surface area contributed by atoms with E-state index in [2.05, 4.69) is 25.1 Å². The normalized spacial score (nSPS) is 21.4. The van der Waals surface area contributed by atoms with E-state index >= 15 is 4.39 Å². The fourth-order valence-corrected chi connectivity index (χ4v) is 8.76. The molecule has 4 aliphatic heterocycles. The van der Waals surface area contributed by atoms with Crippen molar-refractivity contribution in [2.24, 2.45) is 0 Å². The summed E-state index contributed by atoms with van der Waals surface area (Å²) in [6.45, 7) is 5.19. The highest BCUT2D eigenvalue weighted by atomic mass is 35.5. The summed E-state index contributed by atoms with van der Waals surface area (Å²) in [5.74, 6) is -0.455. The highest BCUT2D eigenvalue weighted by molar-refractivity contribution is 7.22. The van der Waals surface area contributed by atoms with Gasteiger partial charge >= 0.3 is 6.01 Å². The van der Waals surface area contributed by atoms with Crippen molar-refractivity contribution >= 4 is 55.0 Å². The van der Waals surface area contributed by atoms with Crippen LogP contribution in [0.1, 0.15) is 44.9 Å². The van der Waals surface area contributed by atoms with Crippen molar-refractivity contribution in [3.8, 4) is 17.1 Å². The zero-order chi connectivity index (χ0) is 28.6. The highest BCUT2D eigenvalue weighted by Crippen LogP contribution is 2.45. The molecule has 1 spiro atoms. The minimum Gasteiger partial charge on any atom is -0.461 e. The molecule has 4 aliphatic rings. The van der Waals surface area contributed by atoms with Crippen LogP contribution in [0.25, 0.3) is 32.2 Å². The second-order valence-electron chi connectivity index (χ2n) is 12.3. The topological polar surface area (TPSA) is 92.4 Å². The molecule has 0 bridgehead atoms. The SMILES string of the molecule is Nc1nc2c(-c3c(Cl)cc4c(N5CC6(CCCCN6)C5)nc(OCC56CCCN5CCC6)nc4c3F)ccc(F)c2s1. The number of aromatic nitrogens is 3. The van der Waals surface area contributed by atoms with Crippen molar-refractivity contribution in [1.82, 2.24) is 25.2 Å². The molecule has 0 radical (unpaired) electrons. The van der Waals surface area contributed by atoms with Crippen LogP contribution >= 0.6 is 22.9 Å². The molecule has 8 nitrogen and oxygen atoms in total. The first-order valence-corrected chi connectivity index (χ1v) is 16.0. The van der Waals surface area contributed by atoms with Crippen molar-refractivity contribution in [3.05, 3.63) is 34.9 Å². The van der Waals surface area contributed by atoms with E-state index in [4.69, 9.17) is 27.1 Å². The van der Waals surface area contributed by atoms with Crippen LogP contribution in [0.3, 0.4) is 0 Å². The van der Waals surface area contributed by atoms with E-state index in [-0.39, 0.29) is 48.5 Å². The molecule has 6 heterocycles. The van der Waals surface area contributed by atoms with Crippen molar-refractivity contribution in [2.45, 2.75) is 56.0 Å². The van der Waals surface area contributed by atoms with E-state index in [0.717, 1.165) is 76.2 Å². The van der Waals surface area contributed by atoms with Gasteiger partial charge < -0.3 is 20.7 Å². The number of anilines is 2. The number of halogens is 3. The van der Waals surface area contributed by atoms with E-state index in [9.17, 15) is 4.39 Å². The van der Waals surface area contributed by atoms with E-state index in [0.29, 0.717) is 23.4 Å². The minimum absolute atomic E-state index is 0.000714. The predicted molar refractivity (Wildman–Crippen MR) is 163 cm³/mol. The summed E-state index contributed by atoms with van der Waals surface area (Å²) in [6.07, 6.45) is 7.94. The number of nitrogens with one attached hydrogen (secondary N) is 1. The molecule has 2 aromatic carbocycles. The Morgan fingerprint density at radius 3 is 2.60 bits per heavy atom. The Hall–Kier alpha value is -2.86. The van der Waals surface area contributed by atoms with E-state index < -0.39 is 11.6 Å². The maximum atomic E-state index is 16.7. The number of nitrogen functional groups attached to an aromatic ring is 1. The molecule has 0 aliphatic carbocycles. The average Bonchev–Trinajstić information content (AvgIpc) is 3.66. The Morgan fingerprint density at radius 2 is 1.83 bits per heavy atom. The molecule has 12 heteroatoms. The van der Waals surface area contributed by atoms with Gasteiger partial charge in [-0.05, 0) is 76.4 Å². The van der Waals surface area contributed by atoms with Crippen molar-refractivity contribution in [3.63, 3.8) is 0 Å². The molecule has 42 heavy (non-hydrogen) atoms. The number of nitrogens with zero attached hydrogens (tertiary/aromatic N) is 5. The molecule has 4 aromatic rings. The van der Waals surface area contributed by atoms with Crippen LogP contribution in [0.15, 0.2) is 18.2 Å². The number of rotatable bonds is 5. The molecule has 3 N–H and O–H groups in total. The minimum atomic E-state index is -0.613. The predicted octanol–water partition coefficient (Wildman–Crippen LogP) is 5.76. The highest BCUT2D eigenvalue weighted by Gasteiger charge is 2.46. The Morgan fingerprint density at radius 1 is 1.02 bits per heavy atom. The lowest BCUT2D eigenvalue weighted by molar-refractivity contribution is 0.107. The summed E-state index contributed by atoms with van der Waals surface area (Å²) in [4.78, 5) is 18.5. The fourth-order valence-electron chi connectivity index (χ4n) is 7.70. The first kappa shape index (κ1) is 26.7. The van der Waals surface area contributed by atoms with Gasteiger partial charge in [0.1, 0.15) is 23.8 Å². The Balaban J connectivity index is 1.24. The van der Waals surface area contributed by atoms with Crippen LogP contribution in [0.4, 0.5) is 19.7 Å². The van der Waals surface area contributed by atoms with Crippen LogP contribution in [0.5, 0.6) is 6.01 Å². The van der Waals surface area contributed by atoms with Crippen LogP contribution in [-0.4, -0.2) is 70.3 Å². The molecule has 8 rings (SSSR count). The van der Waals surface area contributed by atoms with Gasteiger partial charge in [-0.3, -0.25) is 4.90 Å². The Kier molecular flexibility index (Phi) is 6.26. The van der Waals surface area contributed by atoms with Crippen LogP contribution < -0.4 is 20.7 Å². The van der Waals surface area contributed by atoms with Gasteiger partial charge in [-0.2, -0.15) is 9.97 Å². The summed E-state index contributed by atoms with van der Waals surface area (Å²) < 4.78 is 37.9. The van der Waals surface area contributed by atoms with Crippen molar-refractivity contribution < 1.29 is 13.5 Å². The summed E-state index contributed by atoms with van der Waals surface area (Å²) in [7, 11) is 0. The van der Waals surface area contributed by atoms with Crippen molar-refractivity contribution in [1.29, 1.82) is 0 Å². The molecule has 0 unspecified atom stereocenters. The molecule has 0 saturated carbocycles. The first-order valence-electron chi connectivity index (χ1n) is 14.8. The van der Waals surface area contributed by atoms with Gasteiger partial charge in [-0.1, -0.05) is 29.4 Å². The number of hydrogen-bond acceptors (Lipinski definition) is 9. The third-order valence-corrected chi connectivity index (χ3v) is 11.0. The molecule has 4 fully saturated rings. The maximum absolute atomic E-state index is 16.7.